The van der Waals surface area contributed by atoms with Gasteiger partial charge in [0.05, 0.1) is 4.92 Å². The van der Waals surface area contributed by atoms with E-state index in [4.69, 9.17) is 10.00 Å². The summed E-state index contributed by atoms with van der Waals surface area (Å²) in [4.78, 5) is 14.4. The van der Waals surface area contributed by atoms with E-state index in [1.807, 2.05) is 13.0 Å². The summed E-state index contributed by atoms with van der Waals surface area (Å²) in [6, 6.07) is 9.78. The molecule has 1 aromatic carbocycles. The van der Waals surface area contributed by atoms with Crippen molar-refractivity contribution in [2.24, 2.45) is 0 Å². The van der Waals surface area contributed by atoms with Crippen LogP contribution in [0, 0.1) is 21.4 Å². The Hall–Kier alpha value is -2.94. The van der Waals surface area contributed by atoms with Crippen molar-refractivity contribution in [2.75, 3.05) is 0 Å². The van der Waals surface area contributed by atoms with Crippen LogP contribution in [0.3, 0.4) is 0 Å². The smallest absolute Gasteiger partial charge is 0.311 e. The number of aromatic nitrogens is 1. The second kappa shape index (κ2) is 5.80. The van der Waals surface area contributed by atoms with Crippen molar-refractivity contribution in [1.29, 1.82) is 5.26 Å². The van der Waals surface area contributed by atoms with Crippen LogP contribution >= 0.6 is 0 Å². The Morgan fingerprint density at radius 2 is 2.20 bits per heavy atom. The van der Waals surface area contributed by atoms with Crippen LogP contribution in [0.25, 0.3) is 0 Å². The van der Waals surface area contributed by atoms with Crippen LogP contribution in [-0.2, 0) is 6.42 Å². The quantitative estimate of drug-likeness (QED) is 0.628. The average Bonchev–Trinajstić information content (AvgIpc) is 2.48. The largest absolute Gasteiger partial charge is 0.447 e. The first kappa shape index (κ1) is 13.5. The third kappa shape index (κ3) is 2.72. The Morgan fingerprint density at radius 1 is 1.40 bits per heavy atom. The molecule has 1 heterocycles. The van der Waals surface area contributed by atoms with Crippen molar-refractivity contribution >= 4 is 5.69 Å². The molecule has 2 aromatic rings. The van der Waals surface area contributed by atoms with Gasteiger partial charge in [-0.1, -0.05) is 13.0 Å². The van der Waals surface area contributed by atoms with Crippen LogP contribution < -0.4 is 4.74 Å². The summed E-state index contributed by atoms with van der Waals surface area (Å²) in [7, 11) is 0. The standard InChI is InChI=1S/C14H11N3O3/c1-2-10-5-6-14(12(8-10)17(18)19)20-13-4-3-7-16-11(13)9-15/h3-8H,2H2,1H3. The normalized spacial score (nSPS) is 9.80. The van der Waals surface area contributed by atoms with Crippen molar-refractivity contribution in [2.45, 2.75) is 13.3 Å². The Bertz CT molecular complexity index is 692. The molecule has 0 saturated heterocycles. The number of nitro groups is 1. The van der Waals surface area contributed by atoms with E-state index in [9.17, 15) is 10.1 Å². The molecule has 0 N–H and O–H groups in total. The van der Waals surface area contributed by atoms with E-state index in [0.29, 0.717) is 6.42 Å². The summed E-state index contributed by atoms with van der Waals surface area (Å²) < 4.78 is 5.47. The summed E-state index contributed by atoms with van der Waals surface area (Å²) in [5, 5.41) is 20.0. The van der Waals surface area contributed by atoms with Gasteiger partial charge in [-0.2, -0.15) is 5.26 Å². The molecule has 20 heavy (non-hydrogen) atoms. The van der Waals surface area contributed by atoms with E-state index in [1.54, 1.807) is 18.2 Å². The number of ether oxygens (including phenoxy) is 1. The van der Waals surface area contributed by atoms with Gasteiger partial charge in [0.25, 0.3) is 0 Å². The molecule has 1 aromatic heterocycles. The Morgan fingerprint density at radius 3 is 2.85 bits per heavy atom. The molecular formula is C14H11N3O3. The van der Waals surface area contributed by atoms with Crippen LogP contribution in [-0.4, -0.2) is 9.91 Å². The first-order chi connectivity index (χ1) is 9.65. The molecule has 0 aliphatic carbocycles. The predicted molar refractivity (Wildman–Crippen MR) is 71.5 cm³/mol. The lowest BCUT2D eigenvalue weighted by Crippen LogP contribution is -1.97. The SMILES string of the molecule is CCc1ccc(Oc2cccnc2C#N)c([N+](=O)[O-])c1. The molecular weight excluding hydrogens is 258 g/mol. The lowest BCUT2D eigenvalue weighted by atomic mass is 10.1. The molecule has 2 rings (SSSR count). The van der Waals surface area contributed by atoms with Crippen LogP contribution in [0.2, 0.25) is 0 Å². The first-order valence-electron chi connectivity index (χ1n) is 5.96. The number of hydrogen-bond acceptors (Lipinski definition) is 5. The number of nitriles is 1. The highest BCUT2D eigenvalue weighted by Crippen LogP contribution is 2.33. The van der Waals surface area contributed by atoms with Crippen molar-refractivity contribution in [3.8, 4) is 17.6 Å². The number of hydrogen-bond donors (Lipinski definition) is 0. The number of rotatable bonds is 4. The van der Waals surface area contributed by atoms with Crippen molar-refractivity contribution in [3.05, 3.63) is 57.9 Å². The van der Waals surface area contributed by atoms with E-state index in [0.717, 1.165) is 5.56 Å². The van der Waals surface area contributed by atoms with Gasteiger partial charge in [0.2, 0.25) is 5.75 Å². The molecule has 0 fully saturated rings. The molecule has 0 atom stereocenters. The topological polar surface area (TPSA) is 89.0 Å². The zero-order valence-corrected chi connectivity index (χ0v) is 10.7. The summed E-state index contributed by atoms with van der Waals surface area (Å²) in [6.07, 6.45) is 2.15. The molecule has 0 aliphatic rings. The van der Waals surface area contributed by atoms with Gasteiger partial charge >= 0.3 is 5.69 Å². The number of benzene rings is 1. The first-order valence-corrected chi connectivity index (χ1v) is 5.96. The zero-order valence-electron chi connectivity index (χ0n) is 10.7. The predicted octanol–water partition coefficient (Wildman–Crippen LogP) is 3.22. The highest BCUT2D eigenvalue weighted by molar-refractivity contribution is 5.51. The fourth-order valence-electron chi connectivity index (χ4n) is 1.69. The summed E-state index contributed by atoms with van der Waals surface area (Å²) in [6.45, 7) is 1.91. The third-order valence-electron chi connectivity index (χ3n) is 2.72. The minimum atomic E-state index is -0.503. The molecule has 6 nitrogen and oxygen atoms in total. The second-order valence-electron chi connectivity index (χ2n) is 3.98. The highest BCUT2D eigenvalue weighted by atomic mass is 16.6. The molecule has 0 amide bonds. The van der Waals surface area contributed by atoms with Gasteiger partial charge in [-0.05, 0) is 30.2 Å². The maximum Gasteiger partial charge on any atom is 0.311 e. The van der Waals surface area contributed by atoms with E-state index in [-0.39, 0.29) is 22.9 Å². The van der Waals surface area contributed by atoms with Gasteiger partial charge in [0, 0.05) is 12.3 Å². The monoisotopic (exact) mass is 269 g/mol. The lowest BCUT2D eigenvalue weighted by Gasteiger charge is -2.08. The van der Waals surface area contributed by atoms with E-state index in [1.165, 1.54) is 18.3 Å². The van der Waals surface area contributed by atoms with Gasteiger partial charge < -0.3 is 4.74 Å². The van der Waals surface area contributed by atoms with Crippen molar-refractivity contribution in [3.63, 3.8) is 0 Å². The van der Waals surface area contributed by atoms with Crippen molar-refractivity contribution < 1.29 is 9.66 Å². The fraction of sp³-hybridized carbons (Fsp3) is 0.143. The Balaban J connectivity index is 2.43. The maximum absolute atomic E-state index is 11.1. The zero-order chi connectivity index (χ0) is 14.5. The average molecular weight is 269 g/mol. The van der Waals surface area contributed by atoms with E-state index >= 15 is 0 Å². The van der Waals surface area contributed by atoms with Crippen LogP contribution in [0.15, 0.2) is 36.5 Å². The van der Waals surface area contributed by atoms with E-state index in [2.05, 4.69) is 4.98 Å². The summed E-state index contributed by atoms with van der Waals surface area (Å²) >= 11 is 0. The van der Waals surface area contributed by atoms with Gasteiger partial charge in [-0.15, -0.1) is 0 Å². The number of nitrogens with zero attached hydrogens (tertiary/aromatic N) is 3. The molecule has 6 heteroatoms. The van der Waals surface area contributed by atoms with Gasteiger partial charge in [0.15, 0.2) is 11.4 Å². The van der Waals surface area contributed by atoms with Crippen LogP contribution in [0.4, 0.5) is 5.69 Å². The van der Waals surface area contributed by atoms with Gasteiger partial charge in [0.1, 0.15) is 6.07 Å². The van der Waals surface area contributed by atoms with Gasteiger partial charge in [-0.25, -0.2) is 4.98 Å². The minimum Gasteiger partial charge on any atom is -0.447 e. The second-order valence-corrected chi connectivity index (χ2v) is 3.98. The Labute approximate surface area is 115 Å². The van der Waals surface area contributed by atoms with Crippen LogP contribution in [0.1, 0.15) is 18.2 Å². The molecule has 0 spiro atoms. The molecule has 0 aliphatic heterocycles. The molecule has 0 unspecified atom stereocenters. The summed E-state index contributed by atoms with van der Waals surface area (Å²) in [5.74, 6) is 0.291. The lowest BCUT2D eigenvalue weighted by molar-refractivity contribution is -0.385. The molecule has 100 valence electrons. The Kier molecular flexibility index (Phi) is 3.91. The molecule has 0 radical (unpaired) electrons. The van der Waals surface area contributed by atoms with E-state index < -0.39 is 4.92 Å². The van der Waals surface area contributed by atoms with Gasteiger partial charge in [-0.3, -0.25) is 10.1 Å². The minimum absolute atomic E-state index is 0.0846. The van der Waals surface area contributed by atoms with Crippen molar-refractivity contribution in [1.82, 2.24) is 4.98 Å². The summed E-state index contributed by atoms with van der Waals surface area (Å²) in [5.41, 5.74) is 0.800. The molecule has 0 bridgehead atoms. The maximum atomic E-state index is 11.1. The highest BCUT2D eigenvalue weighted by Gasteiger charge is 2.17. The third-order valence-corrected chi connectivity index (χ3v) is 2.72. The molecule has 0 saturated carbocycles. The number of aryl methyl sites for hydroxylation is 1. The van der Waals surface area contributed by atoms with Crippen LogP contribution in [0.5, 0.6) is 11.5 Å². The number of nitro benzene ring substituents is 1. The fourth-order valence-corrected chi connectivity index (χ4v) is 1.69. The number of pyridine rings is 1.